The standard InChI is InChI=1S/C17H25N3O/c1-13-4-2-5-15(12-13)19-17(21)20-10-7-14(8-11-20)16-6-3-9-18-16/h2,4-5,12,14,16,18H,3,6-11H2,1H3,(H,19,21). The number of hydrogen-bond acceptors (Lipinski definition) is 2. The van der Waals surface area contributed by atoms with Crippen LogP contribution in [0, 0.1) is 12.8 Å². The SMILES string of the molecule is Cc1cccc(NC(=O)N2CCC(C3CCCN3)CC2)c1. The number of hydrogen-bond donors (Lipinski definition) is 2. The van der Waals surface area contributed by atoms with Crippen molar-refractivity contribution in [2.24, 2.45) is 5.92 Å². The summed E-state index contributed by atoms with van der Waals surface area (Å²) in [5.41, 5.74) is 2.05. The van der Waals surface area contributed by atoms with Gasteiger partial charge in [0.05, 0.1) is 0 Å². The van der Waals surface area contributed by atoms with E-state index in [4.69, 9.17) is 0 Å². The third kappa shape index (κ3) is 3.56. The van der Waals surface area contributed by atoms with Gasteiger partial charge in [-0.1, -0.05) is 12.1 Å². The lowest BCUT2D eigenvalue weighted by Crippen LogP contribution is -2.44. The predicted octanol–water partition coefficient (Wildman–Crippen LogP) is 2.99. The van der Waals surface area contributed by atoms with Crippen LogP contribution in [-0.2, 0) is 0 Å². The first-order valence-electron chi connectivity index (χ1n) is 8.08. The first kappa shape index (κ1) is 14.4. The summed E-state index contributed by atoms with van der Waals surface area (Å²) < 4.78 is 0. The fraction of sp³-hybridized carbons (Fsp3) is 0.588. The molecule has 2 saturated heterocycles. The van der Waals surface area contributed by atoms with E-state index in [1.54, 1.807) is 0 Å². The molecule has 21 heavy (non-hydrogen) atoms. The fourth-order valence-corrected chi connectivity index (χ4v) is 3.54. The van der Waals surface area contributed by atoms with Crippen molar-refractivity contribution in [1.29, 1.82) is 0 Å². The summed E-state index contributed by atoms with van der Waals surface area (Å²) >= 11 is 0. The summed E-state index contributed by atoms with van der Waals surface area (Å²) in [7, 11) is 0. The average molecular weight is 287 g/mol. The van der Waals surface area contributed by atoms with Crippen molar-refractivity contribution in [2.75, 3.05) is 25.0 Å². The normalized spacial score (nSPS) is 23.3. The van der Waals surface area contributed by atoms with Crippen LogP contribution >= 0.6 is 0 Å². The highest BCUT2D eigenvalue weighted by Crippen LogP contribution is 2.26. The van der Waals surface area contributed by atoms with Crippen LogP contribution < -0.4 is 10.6 Å². The summed E-state index contributed by atoms with van der Waals surface area (Å²) in [4.78, 5) is 14.3. The van der Waals surface area contributed by atoms with Crippen molar-refractivity contribution in [3.63, 3.8) is 0 Å². The van der Waals surface area contributed by atoms with Crippen molar-refractivity contribution in [3.8, 4) is 0 Å². The maximum Gasteiger partial charge on any atom is 0.321 e. The smallest absolute Gasteiger partial charge is 0.321 e. The fourth-order valence-electron chi connectivity index (χ4n) is 3.54. The molecule has 0 aliphatic carbocycles. The summed E-state index contributed by atoms with van der Waals surface area (Å²) in [5, 5.41) is 6.61. The molecule has 2 amide bonds. The Morgan fingerprint density at radius 3 is 2.76 bits per heavy atom. The van der Waals surface area contributed by atoms with Crippen LogP contribution in [-0.4, -0.2) is 36.6 Å². The second-order valence-electron chi connectivity index (χ2n) is 6.33. The second kappa shape index (κ2) is 6.48. The molecular formula is C17H25N3O. The Balaban J connectivity index is 1.50. The van der Waals surface area contributed by atoms with Crippen LogP contribution in [0.1, 0.15) is 31.2 Å². The molecule has 2 heterocycles. The number of aryl methyl sites for hydroxylation is 1. The maximum atomic E-state index is 12.3. The van der Waals surface area contributed by atoms with Gasteiger partial charge in [0.25, 0.3) is 0 Å². The van der Waals surface area contributed by atoms with Gasteiger partial charge in [0, 0.05) is 24.8 Å². The number of rotatable bonds is 2. The minimum atomic E-state index is 0.0402. The van der Waals surface area contributed by atoms with E-state index in [-0.39, 0.29) is 6.03 Å². The van der Waals surface area contributed by atoms with Gasteiger partial charge < -0.3 is 15.5 Å². The Kier molecular flexibility index (Phi) is 4.44. The number of carbonyl (C=O) groups excluding carboxylic acids is 1. The second-order valence-corrected chi connectivity index (χ2v) is 6.33. The van der Waals surface area contributed by atoms with Crippen LogP contribution in [0.5, 0.6) is 0 Å². The number of carbonyl (C=O) groups is 1. The quantitative estimate of drug-likeness (QED) is 0.878. The summed E-state index contributed by atoms with van der Waals surface area (Å²) in [5.74, 6) is 0.746. The van der Waals surface area contributed by atoms with Crippen molar-refractivity contribution in [1.82, 2.24) is 10.2 Å². The lowest BCUT2D eigenvalue weighted by Gasteiger charge is -2.34. The third-order valence-corrected chi connectivity index (χ3v) is 4.76. The van der Waals surface area contributed by atoms with Gasteiger partial charge in [0.1, 0.15) is 0 Å². The van der Waals surface area contributed by atoms with E-state index in [0.29, 0.717) is 6.04 Å². The van der Waals surface area contributed by atoms with E-state index < -0.39 is 0 Å². The monoisotopic (exact) mass is 287 g/mol. The number of nitrogens with zero attached hydrogens (tertiary/aromatic N) is 1. The van der Waals surface area contributed by atoms with E-state index in [1.807, 2.05) is 36.1 Å². The van der Waals surface area contributed by atoms with Crippen LogP contribution in [0.2, 0.25) is 0 Å². The van der Waals surface area contributed by atoms with E-state index in [1.165, 1.54) is 24.9 Å². The Hall–Kier alpha value is -1.55. The topological polar surface area (TPSA) is 44.4 Å². The summed E-state index contributed by atoms with van der Waals surface area (Å²) in [6.07, 6.45) is 4.86. The van der Waals surface area contributed by atoms with E-state index in [0.717, 1.165) is 37.5 Å². The minimum absolute atomic E-state index is 0.0402. The summed E-state index contributed by atoms with van der Waals surface area (Å²) in [6, 6.07) is 8.69. The first-order valence-corrected chi connectivity index (χ1v) is 8.08. The predicted molar refractivity (Wildman–Crippen MR) is 85.5 cm³/mol. The van der Waals surface area contributed by atoms with Gasteiger partial charge in [-0.3, -0.25) is 0 Å². The Bertz CT molecular complexity index is 489. The van der Waals surface area contributed by atoms with E-state index in [2.05, 4.69) is 10.6 Å². The lowest BCUT2D eigenvalue weighted by molar-refractivity contribution is 0.170. The highest BCUT2D eigenvalue weighted by molar-refractivity contribution is 5.89. The molecule has 1 atom stereocenters. The zero-order chi connectivity index (χ0) is 14.7. The molecule has 114 valence electrons. The van der Waals surface area contributed by atoms with Crippen LogP contribution in [0.3, 0.4) is 0 Å². The largest absolute Gasteiger partial charge is 0.325 e. The average Bonchev–Trinajstić information content (AvgIpc) is 3.01. The molecule has 1 unspecified atom stereocenters. The van der Waals surface area contributed by atoms with Gasteiger partial charge in [-0.25, -0.2) is 4.79 Å². The highest BCUT2D eigenvalue weighted by atomic mass is 16.2. The Morgan fingerprint density at radius 1 is 1.29 bits per heavy atom. The van der Waals surface area contributed by atoms with Gasteiger partial charge in [-0.2, -0.15) is 0 Å². The van der Waals surface area contributed by atoms with E-state index in [9.17, 15) is 4.79 Å². The van der Waals surface area contributed by atoms with Gasteiger partial charge in [0.2, 0.25) is 0 Å². The summed E-state index contributed by atoms with van der Waals surface area (Å²) in [6.45, 7) is 4.95. The number of likely N-dealkylation sites (tertiary alicyclic amines) is 1. The number of benzene rings is 1. The Labute approximate surface area is 126 Å². The molecule has 1 aromatic rings. The van der Waals surface area contributed by atoms with Crippen molar-refractivity contribution in [3.05, 3.63) is 29.8 Å². The molecule has 0 saturated carbocycles. The molecule has 2 fully saturated rings. The molecular weight excluding hydrogens is 262 g/mol. The first-order chi connectivity index (χ1) is 10.2. The van der Waals surface area contributed by atoms with E-state index >= 15 is 0 Å². The number of urea groups is 1. The van der Waals surface area contributed by atoms with Gasteiger partial charge in [0.15, 0.2) is 0 Å². The molecule has 0 spiro atoms. The van der Waals surface area contributed by atoms with Crippen molar-refractivity contribution >= 4 is 11.7 Å². The highest BCUT2D eigenvalue weighted by Gasteiger charge is 2.29. The van der Waals surface area contributed by atoms with Crippen LogP contribution in [0.25, 0.3) is 0 Å². The lowest BCUT2D eigenvalue weighted by atomic mass is 9.89. The zero-order valence-corrected chi connectivity index (χ0v) is 12.8. The maximum absolute atomic E-state index is 12.3. The van der Waals surface area contributed by atoms with Crippen LogP contribution in [0.15, 0.2) is 24.3 Å². The molecule has 0 aromatic heterocycles. The molecule has 1 aromatic carbocycles. The third-order valence-electron chi connectivity index (χ3n) is 4.76. The molecule has 2 aliphatic rings. The molecule has 0 bridgehead atoms. The van der Waals surface area contributed by atoms with Gasteiger partial charge in [-0.15, -0.1) is 0 Å². The molecule has 2 N–H and O–H groups in total. The minimum Gasteiger partial charge on any atom is -0.325 e. The Morgan fingerprint density at radius 2 is 2.10 bits per heavy atom. The number of piperidine rings is 1. The number of anilines is 1. The van der Waals surface area contributed by atoms with Crippen LogP contribution in [0.4, 0.5) is 10.5 Å². The number of nitrogens with one attached hydrogen (secondary N) is 2. The molecule has 4 nitrogen and oxygen atoms in total. The molecule has 4 heteroatoms. The van der Waals surface area contributed by atoms with Crippen molar-refractivity contribution in [2.45, 2.75) is 38.6 Å². The molecule has 3 rings (SSSR count). The van der Waals surface area contributed by atoms with Gasteiger partial charge in [-0.05, 0) is 62.8 Å². The molecule has 0 radical (unpaired) electrons. The zero-order valence-electron chi connectivity index (χ0n) is 12.8. The molecule has 2 aliphatic heterocycles. The number of amides is 2. The van der Waals surface area contributed by atoms with Crippen molar-refractivity contribution < 1.29 is 4.79 Å². The van der Waals surface area contributed by atoms with Gasteiger partial charge >= 0.3 is 6.03 Å².